The van der Waals surface area contributed by atoms with Crippen molar-refractivity contribution < 1.29 is 23.4 Å². The Morgan fingerprint density at radius 3 is 2.58 bits per heavy atom. The number of carbonyl (C=O) groups is 1. The van der Waals surface area contributed by atoms with Gasteiger partial charge in [-0.3, -0.25) is 9.69 Å². The summed E-state index contributed by atoms with van der Waals surface area (Å²) in [6.07, 6.45) is 0. The van der Waals surface area contributed by atoms with Gasteiger partial charge in [0, 0.05) is 43.7 Å². The number of nitrogens with zero attached hydrogens (tertiary/aromatic N) is 2. The van der Waals surface area contributed by atoms with Gasteiger partial charge < -0.3 is 19.1 Å². The summed E-state index contributed by atoms with van der Waals surface area (Å²) in [4.78, 5) is 17.4. The van der Waals surface area contributed by atoms with E-state index in [1.807, 2.05) is 17.9 Å². The summed E-state index contributed by atoms with van der Waals surface area (Å²) in [5, 5.41) is 0. The fraction of sp³-hybridized carbons (Fsp3) is 0.458. The molecule has 2 fully saturated rings. The number of rotatable bonds is 5. The molecule has 0 atom stereocenters. The molecule has 0 N–H and O–H groups in total. The largest absolute Gasteiger partial charge is 0.493 e. The van der Waals surface area contributed by atoms with Crippen molar-refractivity contribution in [2.75, 3.05) is 53.6 Å². The highest BCUT2D eigenvalue weighted by Crippen LogP contribution is 2.35. The topological polar surface area (TPSA) is 51.2 Å². The van der Waals surface area contributed by atoms with Gasteiger partial charge in [-0.25, -0.2) is 4.39 Å². The van der Waals surface area contributed by atoms with E-state index in [0.717, 1.165) is 24.2 Å². The van der Waals surface area contributed by atoms with Crippen LogP contribution in [0, 0.1) is 18.2 Å². The second-order valence-electron chi connectivity index (χ2n) is 8.63. The number of hydrogen-bond acceptors (Lipinski definition) is 5. The van der Waals surface area contributed by atoms with Crippen molar-refractivity contribution in [2.45, 2.75) is 13.5 Å². The van der Waals surface area contributed by atoms with Crippen molar-refractivity contribution in [3.63, 3.8) is 0 Å². The van der Waals surface area contributed by atoms with Gasteiger partial charge in [0.15, 0.2) is 11.5 Å². The van der Waals surface area contributed by atoms with E-state index in [1.165, 1.54) is 6.07 Å². The highest BCUT2D eigenvalue weighted by Gasteiger charge is 2.46. The maximum atomic E-state index is 13.7. The first kappa shape index (κ1) is 21.6. The van der Waals surface area contributed by atoms with Crippen LogP contribution < -0.4 is 9.47 Å². The van der Waals surface area contributed by atoms with E-state index in [9.17, 15) is 9.18 Å². The molecule has 1 amide bonds. The van der Waals surface area contributed by atoms with Crippen molar-refractivity contribution in [1.82, 2.24) is 9.80 Å². The van der Waals surface area contributed by atoms with Crippen LogP contribution in [0.25, 0.3) is 0 Å². The average molecular weight is 429 g/mol. The van der Waals surface area contributed by atoms with Crippen LogP contribution in [0.2, 0.25) is 0 Å². The molecule has 2 saturated heterocycles. The molecule has 7 heteroatoms. The number of ether oxygens (including phenoxy) is 3. The minimum atomic E-state index is -0.199. The summed E-state index contributed by atoms with van der Waals surface area (Å²) in [5.74, 6) is 0.894. The quantitative estimate of drug-likeness (QED) is 0.733. The van der Waals surface area contributed by atoms with Crippen LogP contribution in [0.5, 0.6) is 11.5 Å². The molecular formula is C24H29FN2O4. The van der Waals surface area contributed by atoms with Crippen LogP contribution in [0.1, 0.15) is 21.5 Å². The molecule has 2 heterocycles. The molecule has 2 aromatic rings. The Morgan fingerprint density at radius 2 is 1.87 bits per heavy atom. The van der Waals surface area contributed by atoms with Crippen molar-refractivity contribution in [3.05, 3.63) is 58.9 Å². The third-order valence-electron chi connectivity index (χ3n) is 5.98. The summed E-state index contributed by atoms with van der Waals surface area (Å²) < 4.78 is 30.2. The second kappa shape index (κ2) is 8.85. The minimum Gasteiger partial charge on any atom is -0.493 e. The van der Waals surface area contributed by atoms with Crippen LogP contribution in [-0.2, 0) is 11.3 Å². The van der Waals surface area contributed by atoms with Gasteiger partial charge in [-0.05, 0) is 48.4 Å². The Bertz CT molecular complexity index is 938. The molecule has 4 rings (SSSR count). The molecule has 0 radical (unpaired) electrons. The lowest BCUT2D eigenvalue weighted by atomic mass is 9.79. The van der Waals surface area contributed by atoms with Gasteiger partial charge in [0.25, 0.3) is 5.91 Å². The fourth-order valence-corrected chi connectivity index (χ4v) is 4.69. The minimum absolute atomic E-state index is 0.0370. The van der Waals surface area contributed by atoms with E-state index in [4.69, 9.17) is 14.2 Å². The normalized spacial score (nSPS) is 18.4. The molecule has 31 heavy (non-hydrogen) atoms. The SMILES string of the molecule is COc1ccc(C(=O)N2CCOCC3(CN(Cc4cc(C)cc(F)c4)C3)C2)cc1OC. The van der Waals surface area contributed by atoms with E-state index >= 15 is 0 Å². The van der Waals surface area contributed by atoms with Gasteiger partial charge in [-0.15, -0.1) is 0 Å². The standard InChI is InChI=1S/C24H29FN2O4/c1-17-8-18(10-20(25)9-17)12-26-13-24(14-26)15-27(6-7-31-16-24)23(28)19-4-5-21(29-2)22(11-19)30-3/h4-5,8-11H,6-7,12-16H2,1-3H3. The molecule has 0 saturated carbocycles. The summed E-state index contributed by atoms with van der Waals surface area (Å²) in [6.45, 7) is 6.57. The predicted molar refractivity (Wildman–Crippen MR) is 115 cm³/mol. The Morgan fingerprint density at radius 1 is 1.10 bits per heavy atom. The molecule has 0 aliphatic carbocycles. The van der Waals surface area contributed by atoms with Crippen LogP contribution in [0.3, 0.4) is 0 Å². The number of carbonyl (C=O) groups excluding carboxylic acids is 1. The molecule has 2 aliphatic heterocycles. The number of halogens is 1. The smallest absolute Gasteiger partial charge is 0.254 e. The zero-order valence-electron chi connectivity index (χ0n) is 18.3. The van der Waals surface area contributed by atoms with Crippen LogP contribution in [0.15, 0.2) is 36.4 Å². The zero-order valence-corrected chi connectivity index (χ0v) is 18.3. The summed E-state index contributed by atoms with van der Waals surface area (Å²) in [5.41, 5.74) is 2.38. The molecule has 0 bridgehead atoms. The molecular weight excluding hydrogens is 399 g/mol. The zero-order chi connectivity index (χ0) is 22.0. The Labute approximate surface area is 182 Å². The van der Waals surface area contributed by atoms with Gasteiger partial charge in [0.1, 0.15) is 5.82 Å². The third-order valence-corrected chi connectivity index (χ3v) is 5.98. The maximum Gasteiger partial charge on any atom is 0.254 e. The molecule has 6 nitrogen and oxygen atoms in total. The second-order valence-corrected chi connectivity index (χ2v) is 8.63. The molecule has 2 aliphatic rings. The van der Waals surface area contributed by atoms with Crippen molar-refractivity contribution in [3.8, 4) is 11.5 Å². The third kappa shape index (κ3) is 4.67. The first-order valence-corrected chi connectivity index (χ1v) is 10.5. The van der Waals surface area contributed by atoms with Crippen molar-refractivity contribution in [2.24, 2.45) is 5.41 Å². The van der Waals surface area contributed by atoms with Gasteiger partial charge in [0.2, 0.25) is 0 Å². The first-order chi connectivity index (χ1) is 14.9. The lowest BCUT2D eigenvalue weighted by molar-refractivity contribution is -0.0605. The number of amides is 1. The van der Waals surface area contributed by atoms with Gasteiger partial charge in [-0.1, -0.05) is 6.07 Å². The van der Waals surface area contributed by atoms with Crippen LogP contribution >= 0.6 is 0 Å². The Kier molecular flexibility index (Phi) is 6.16. The number of methoxy groups -OCH3 is 2. The predicted octanol–water partition coefficient (Wildman–Crippen LogP) is 3.13. The average Bonchev–Trinajstić information content (AvgIpc) is 2.95. The monoisotopic (exact) mass is 428 g/mol. The van der Waals surface area contributed by atoms with Crippen LogP contribution in [-0.4, -0.2) is 69.3 Å². The number of benzene rings is 2. The van der Waals surface area contributed by atoms with Gasteiger partial charge in [0.05, 0.1) is 27.4 Å². The van der Waals surface area contributed by atoms with Gasteiger partial charge in [-0.2, -0.15) is 0 Å². The number of aryl methyl sites for hydroxylation is 1. The lowest BCUT2D eigenvalue weighted by Crippen LogP contribution is -2.62. The summed E-state index contributed by atoms with van der Waals surface area (Å²) in [6, 6.07) is 10.4. The van der Waals surface area contributed by atoms with E-state index in [2.05, 4.69) is 4.90 Å². The van der Waals surface area contributed by atoms with Crippen LogP contribution in [0.4, 0.5) is 4.39 Å². The molecule has 1 spiro atoms. The number of likely N-dealkylation sites (tertiary alicyclic amines) is 1. The molecule has 2 aromatic carbocycles. The number of hydrogen-bond donors (Lipinski definition) is 0. The first-order valence-electron chi connectivity index (χ1n) is 10.5. The summed E-state index contributed by atoms with van der Waals surface area (Å²) >= 11 is 0. The lowest BCUT2D eigenvalue weighted by Gasteiger charge is -2.50. The van der Waals surface area contributed by atoms with Crippen molar-refractivity contribution >= 4 is 5.91 Å². The van der Waals surface area contributed by atoms with Crippen molar-refractivity contribution in [1.29, 1.82) is 0 Å². The van der Waals surface area contributed by atoms with E-state index in [-0.39, 0.29) is 17.1 Å². The van der Waals surface area contributed by atoms with E-state index in [0.29, 0.717) is 49.9 Å². The van der Waals surface area contributed by atoms with E-state index in [1.54, 1.807) is 38.5 Å². The fourth-order valence-electron chi connectivity index (χ4n) is 4.69. The highest BCUT2D eigenvalue weighted by molar-refractivity contribution is 5.95. The summed E-state index contributed by atoms with van der Waals surface area (Å²) in [7, 11) is 3.13. The van der Waals surface area contributed by atoms with E-state index < -0.39 is 0 Å². The molecule has 166 valence electrons. The van der Waals surface area contributed by atoms with Gasteiger partial charge >= 0.3 is 0 Å². The highest BCUT2D eigenvalue weighted by atomic mass is 19.1. The molecule has 0 aromatic heterocycles. The Hall–Kier alpha value is -2.64. The molecule has 0 unspecified atom stereocenters. The maximum absolute atomic E-state index is 13.7. The Balaban J connectivity index is 1.43.